The Balaban J connectivity index is 1.16. The van der Waals surface area contributed by atoms with Crippen molar-refractivity contribution < 1.29 is 34.0 Å². The quantitative estimate of drug-likeness (QED) is 0.0816. The molecule has 3 heterocycles. The molecular formula is C54H59N3O7. The lowest BCUT2D eigenvalue weighted by molar-refractivity contribution is -0.141. The van der Waals surface area contributed by atoms with E-state index in [2.05, 4.69) is 71.9 Å². The van der Waals surface area contributed by atoms with Crippen LogP contribution in [0.15, 0.2) is 84.1 Å². The van der Waals surface area contributed by atoms with Crippen molar-refractivity contribution in [2.75, 3.05) is 26.1 Å². The van der Waals surface area contributed by atoms with E-state index in [-0.39, 0.29) is 58.9 Å². The predicted molar refractivity (Wildman–Crippen MR) is 248 cm³/mol. The minimum Gasteiger partial charge on any atom is -0.508 e. The zero-order valence-electron chi connectivity index (χ0n) is 37.3. The molecule has 0 saturated heterocycles. The number of carbonyl (C=O) groups excluding carboxylic acids is 1. The van der Waals surface area contributed by atoms with Crippen LogP contribution in [0.1, 0.15) is 111 Å². The van der Waals surface area contributed by atoms with Crippen molar-refractivity contribution in [2.24, 2.45) is 17.6 Å². The summed E-state index contributed by atoms with van der Waals surface area (Å²) in [5, 5.41) is 29.8. The average Bonchev–Trinajstić information content (AvgIpc) is 4.00. The van der Waals surface area contributed by atoms with Crippen LogP contribution in [0.3, 0.4) is 0 Å². The lowest BCUT2D eigenvalue weighted by Crippen LogP contribution is -2.38. The molecule has 3 aliphatic carbocycles. The van der Waals surface area contributed by atoms with Gasteiger partial charge in [0.15, 0.2) is 11.5 Å². The Bertz CT molecular complexity index is 2650. The van der Waals surface area contributed by atoms with Crippen LogP contribution in [0.5, 0.6) is 28.7 Å². The van der Waals surface area contributed by atoms with Crippen LogP contribution in [-0.2, 0) is 34.2 Å². The van der Waals surface area contributed by atoms with E-state index < -0.39 is 6.10 Å². The number of carbonyl (C=O) groups is 1. The zero-order valence-corrected chi connectivity index (χ0v) is 37.3. The maximum atomic E-state index is 12.5. The number of benzene rings is 4. The standard InChI is InChI=1S/C54H59N3O7/c1-31(58)63-30-42-39-16-17-40-49-35(24-36(59)26-47(49)62-4)29-54-23-20-34(28-54)37(15-14-32-10-5-6-12-43(32)57-53(2)21-7-8-22-53)38-18-19-48(55)56-44(38)13-9-11-33-25-45(60)46(61-3)27-41(33)51(42)64-52(39)50(40)54/h5-6,10,12,16-19,24-27,34,37,42,48,51,56-57,59-60H,7-8,11,14-15,20-23,28-30,55H2,1-4H3/t34-,37+,42-,48?,51+,54-/m0/s1. The largest absolute Gasteiger partial charge is 0.508 e. The normalized spacial score (nSPS) is 25.5. The Morgan fingerprint density at radius 1 is 0.984 bits per heavy atom. The summed E-state index contributed by atoms with van der Waals surface area (Å²) in [5.74, 6) is 8.62. The Morgan fingerprint density at radius 2 is 1.80 bits per heavy atom. The van der Waals surface area contributed by atoms with Gasteiger partial charge in [0.2, 0.25) is 0 Å². The lowest BCUT2D eigenvalue weighted by Gasteiger charge is -2.40. The van der Waals surface area contributed by atoms with E-state index >= 15 is 0 Å². The van der Waals surface area contributed by atoms with Crippen LogP contribution in [0.2, 0.25) is 0 Å². The first-order chi connectivity index (χ1) is 31.0. The summed E-state index contributed by atoms with van der Waals surface area (Å²) in [6, 6.07) is 20.3. The number of hydrogen-bond acceptors (Lipinski definition) is 10. The monoisotopic (exact) mass is 861 g/mol. The second-order valence-electron chi connectivity index (χ2n) is 19.3. The number of para-hydroxylation sites is 1. The Hall–Kier alpha value is -6.05. The SMILES string of the molecule is COc1cc2c(cc1O)CC#CC1=C(C=CC(N)N1)[C@H](CCc1ccccc1NC1(C)CCCC1)[C@H]1CC[C@@]3(Cc4cc(O)cc(OC)c4-c4ccc5c(c43)O[C@H]2[C@H]5COC(C)=O)C1. The van der Waals surface area contributed by atoms with Gasteiger partial charge in [-0.3, -0.25) is 4.79 Å². The van der Waals surface area contributed by atoms with Gasteiger partial charge < -0.3 is 45.5 Å². The molecule has 64 heavy (non-hydrogen) atoms. The molecule has 4 aromatic carbocycles. The number of phenolic OH excluding ortho intramolecular Hbond substituents is 2. The third-order valence-corrected chi connectivity index (χ3v) is 15.2. The fourth-order valence-electron chi connectivity index (χ4n) is 12.3. The number of nitrogens with two attached hydrogens (primary N) is 1. The first-order valence-electron chi connectivity index (χ1n) is 23.0. The van der Waals surface area contributed by atoms with Crippen LogP contribution in [0.25, 0.3) is 11.1 Å². The maximum Gasteiger partial charge on any atom is 0.302 e. The van der Waals surface area contributed by atoms with Gasteiger partial charge in [-0.2, -0.15) is 0 Å². The second-order valence-corrected chi connectivity index (χ2v) is 19.3. The van der Waals surface area contributed by atoms with Crippen molar-refractivity contribution >= 4 is 11.7 Å². The van der Waals surface area contributed by atoms with E-state index in [4.69, 9.17) is 24.7 Å². The topological polar surface area (TPSA) is 145 Å². The number of hydrogen-bond donors (Lipinski definition) is 5. The number of dihydropyridines is 1. The minimum atomic E-state index is -0.582. The van der Waals surface area contributed by atoms with Gasteiger partial charge in [0.25, 0.3) is 0 Å². The first kappa shape index (κ1) is 41.9. The maximum absolute atomic E-state index is 12.5. The number of nitrogens with one attached hydrogen (secondary N) is 2. The summed E-state index contributed by atoms with van der Waals surface area (Å²) < 4.78 is 24.9. The second kappa shape index (κ2) is 16.5. The number of anilines is 1. The fraction of sp³-hybridized carbons (Fsp3) is 0.426. The zero-order chi connectivity index (χ0) is 44.3. The Morgan fingerprint density at radius 3 is 2.59 bits per heavy atom. The molecule has 2 saturated carbocycles. The summed E-state index contributed by atoms with van der Waals surface area (Å²) >= 11 is 0. The van der Waals surface area contributed by atoms with E-state index in [1.807, 2.05) is 18.2 Å². The number of methoxy groups -OCH3 is 2. The molecule has 10 rings (SSSR count). The molecule has 6 atom stereocenters. The molecule has 1 unspecified atom stereocenters. The van der Waals surface area contributed by atoms with Gasteiger partial charge in [-0.15, -0.1) is 0 Å². The molecule has 6 N–H and O–H groups in total. The van der Waals surface area contributed by atoms with Gasteiger partial charge in [0.05, 0.1) is 32.0 Å². The van der Waals surface area contributed by atoms with Gasteiger partial charge in [-0.05, 0) is 134 Å². The molecular weight excluding hydrogens is 803 g/mol. The van der Waals surface area contributed by atoms with Crippen molar-refractivity contribution in [3.8, 4) is 51.7 Å². The van der Waals surface area contributed by atoms with Crippen molar-refractivity contribution in [1.82, 2.24) is 5.32 Å². The number of ether oxygens (including phenoxy) is 4. The molecule has 332 valence electrons. The third-order valence-electron chi connectivity index (χ3n) is 15.2. The molecule has 0 radical (unpaired) electrons. The van der Waals surface area contributed by atoms with Crippen LogP contribution >= 0.6 is 0 Å². The van der Waals surface area contributed by atoms with E-state index in [0.717, 1.165) is 82.5 Å². The highest BCUT2D eigenvalue weighted by atomic mass is 16.5. The molecule has 6 aliphatic rings. The number of fused-ring (bicyclic) bond motifs is 6. The van der Waals surface area contributed by atoms with Gasteiger partial charge in [0.1, 0.15) is 30.0 Å². The van der Waals surface area contributed by atoms with Crippen molar-refractivity contribution in [3.05, 3.63) is 117 Å². The first-order valence-corrected chi connectivity index (χ1v) is 23.0. The molecule has 4 aromatic rings. The minimum absolute atomic E-state index is 0.00558. The molecule has 0 amide bonds. The number of allylic oxidation sites excluding steroid dienone is 3. The lowest BCUT2D eigenvalue weighted by atomic mass is 9.64. The Labute approximate surface area is 376 Å². The molecule has 2 fully saturated rings. The van der Waals surface area contributed by atoms with E-state index in [1.54, 1.807) is 19.2 Å². The van der Waals surface area contributed by atoms with Crippen molar-refractivity contribution in [2.45, 2.75) is 114 Å². The van der Waals surface area contributed by atoms with Crippen LogP contribution < -0.4 is 30.6 Å². The number of phenols is 2. The molecule has 1 spiro atoms. The summed E-state index contributed by atoms with van der Waals surface area (Å²) in [4.78, 5) is 12.5. The van der Waals surface area contributed by atoms with Gasteiger partial charge >= 0.3 is 5.97 Å². The smallest absolute Gasteiger partial charge is 0.302 e. The molecule has 10 nitrogen and oxygen atoms in total. The summed E-state index contributed by atoms with van der Waals surface area (Å²) in [7, 11) is 3.19. The molecule has 10 heteroatoms. The van der Waals surface area contributed by atoms with E-state index in [1.165, 1.54) is 56.5 Å². The summed E-state index contributed by atoms with van der Waals surface area (Å²) in [6.45, 7) is 3.89. The molecule has 0 aromatic heterocycles. The van der Waals surface area contributed by atoms with E-state index in [0.29, 0.717) is 24.3 Å². The number of esters is 1. The van der Waals surface area contributed by atoms with Crippen LogP contribution in [-0.4, -0.2) is 48.7 Å². The average molecular weight is 862 g/mol. The van der Waals surface area contributed by atoms with E-state index in [9.17, 15) is 15.0 Å². The number of aryl methyl sites for hydroxylation is 1. The van der Waals surface area contributed by atoms with Crippen molar-refractivity contribution in [1.29, 1.82) is 0 Å². The van der Waals surface area contributed by atoms with Gasteiger partial charge in [-0.25, -0.2) is 0 Å². The highest BCUT2D eigenvalue weighted by Crippen LogP contribution is 2.63. The number of aromatic hydroxyl groups is 2. The predicted octanol–water partition coefficient (Wildman–Crippen LogP) is 9.41. The summed E-state index contributed by atoms with van der Waals surface area (Å²) in [6.07, 6.45) is 13.7. The van der Waals surface area contributed by atoms with Crippen molar-refractivity contribution in [3.63, 3.8) is 0 Å². The third kappa shape index (κ3) is 7.41. The van der Waals surface area contributed by atoms with Crippen LogP contribution in [0.4, 0.5) is 5.69 Å². The highest BCUT2D eigenvalue weighted by molar-refractivity contribution is 5.84. The Kier molecular flexibility index (Phi) is 10.8. The number of rotatable bonds is 9. The summed E-state index contributed by atoms with van der Waals surface area (Å²) in [5.41, 5.74) is 17.6. The van der Waals surface area contributed by atoms with Gasteiger partial charge in [0, 0.05) is 58.3 Å². The fourth-order valence-corrected chi connectivity index (χ4v) is 12.3. The molecule has 4 bridgehead atoms. The van der Waals surface area contributed by atoms with Crippen LogP contribution in [0, 0.1) is 23.7 Å². The highest BCUT2D eigenvalue weighted by Gasteiger charge is 2.52. The van der Waals surface area contributed by atoms with Gasteiger partial charge in [-0.1, -0.05) is 55.2 Å². The molecule has 3 aliphatic heterocycles.